The fraction of sp³-hybridized carbons (Fsp3) is 0.325. The van der Waals surface area contributed by atoms with Gasteiger partial charge in [-0.1, -0.05) is 66.6 Å². The maximum atomic E-state index is 12.3. The van der Waals surface area contributed by atoms with Crippen LogP contribution in [0.15, 0.2) is 90.5 Å². The van der Waals surface area contributed by atoms with Gasteiger partial charge < -0.3 is 19.5 Å². The number of rotatable bonds is 10. The lowest BCUT2D eigenvalue weighted by atomic mass is 9.72. The van der Waals surface area contributed by atoms with Crippen LogP contribution in [-0.2, 0) is 6.54 Å². The molecule has 2 aliphatic rings. The molecular weight excluding hydrogens is 650 g/mol. The normalized spacial score (nSPS) is 16.5. The summed E-state index contributed by atoms with van der Waals surface area (Å²) in [5, 5.41) is 19.6. The second-order valence-electron chi connectivity index (χ2n) is 14.0. The first-order valence-corrected chi connectivity index (χ1v) is 17.5. The van der Waals surface area contributed by atoms with Crippen molar-refractivity contribution in [3.8, 4) is 17.2 Å². The van der Waals surface area contributed by atoms with E-state index in [0.29, 0.717) is 17.8 Å². The number of ether oxygens (including phenoxy) is 2. The third kappa shape index (κ3) is 7.34. The second-order valence-corrected chi connectivity index (χ2v) is 14.4. The quantitative estimate of drug-likeness (QED) is 0.156. The molecule has 0 bridgehead atoms. The fourth-order valence-corrected chi connectivity index (χ4v) is 7.18. The van der Waals surface area contributed by atoms with Gasteiger partial charge >= 0.3 is 5.97 Å². The zero-order valence-corrected chi connectivity index (χ0v) is 29.5. The third-order valence-electron chi connectivity index (χ3n) is 9.95. The van der Waals surface area contributed by atoms with E-state index in [2.05, 4.69) is 46.1 Å². The first kappa shape index (κ1) is 33.6. The molecule has 10 heteroatoms. The average molecular weight is 692 g/mol. The van der Waals surface area contributed by atoms with Crippen LogP contribution >= 0.6 is 11.6 Å². The molecule has 258 valence electrons. The van der Waals surface area contributed by atoms with Crippen LogP contribution in [0.2, 0.25) is 5.02 Å². The number of allylic oxidation sites excluding steroid dienone is 1. The summed E-state index contributed by atoms with van der Waals surface area (Å²) in [6, 6.07) is 27.0. The monoisotopic (exact) mass is 691 g/mol. The van der Waals surface area contributed by atoms with E-state index in [1.54, 1.807) is 23.9 Å². The summed E-state index contributed by atoms with van der Waals surface area (Å²) in [6.07, 6.45) is 3.35. The van der Waals surface area contributed by atoms with Gasteiger partial charge in [0, 0.05) is 49.5 Å². The summed E-state index contributed by atoms with van der Waals surface area (Å²) < 4.78 is 13.4. The molecular formula is C40H42ClN5O4. The minimum absolute atomic E-state index is 0.0944. The second kappa shape index (κ2) is 14.2. The largest absolute Gasteiger partial charge is 0.497 e. The van der Waals surface area contributed by atoms with Crippen molar-refractivity contribution in [2.24, 2.45) is 5.41 Å². The van der Waals surface area contributed by atoms with Gasteiger partial charge in [0.05, 0.1) is 19.2 Å². The Morgan fingerprint density at radius 1 is 0.920 bits per heavy atom. The number of halogens is 1. The van der Waals surface area contributed by atoms with E-state index in [4.69, 9.17) is 21.1 Å². The average Bonchev–Trinajstić information content (AvgIpc) is 3.53. The molecule has 0 spiro atoms. The Hall–Kier alpha value is -4.86. The Balaban J connectivity index is 1.07. The highest BCUT2D eigenvalue weighted by atomic mass is 35.5. The number of methoxy groups -OCH3 is 1. The lowest BCUT2D eigenvalue weighted by Crippen LogP contribution is -2.47. The predicted molar refractivity (Wildman–Crippen MR) is 198 cm³/mol. The number of carbonyl (C=O) groups is 1. The molecule has 0 radical (unpaired) electrons. The van der Waals surface area contributed by atoms with Crippen molar-refractivity contribution in [3.05, 3.63) is 112 Å². The molecule has 1 fully saturated rings. The number of fused-ring (bicyclic) bond motifs is 1. The van der Waals surface area contributed by atoms with Crippen molar-refractivity contribution in [1.82, 2.24) is 19.9 Å². The molecule has 1 aliphatic heterocycles. The molecule has 0 saturated carbocycles. The van der Waals surface area contributed by atoms with E-state index < -0.39 is 5.97 Å². The van der Waals surface area contributed by atoms with Crippen molar-refractivity contribution >= 4 is 39.9 Å². The Kier molecular flexibility index (Phi) is 9.53. The lowest BCUT2D eigenvalue weighted by Gasteiger charge is -2.39. The van der Waals surface area contributed by atoms with Crippen LogP contribution in [0.25, 0.3) is 16.6 Å². The van der Waals surface area contributed by atoms with Crippen molar-refractivity contribution in [1.29, 1.82) is 0 Å². The van der Waals surface area contributed by atoms with Gasteiger partial charge in [0.25, 0.3) is 0 Å². The van der Waals surface area contributed by atoms with E-state index in [-0.39, 0.29) is 16.7 Å². The van der Waals surface area contributed by atoms with Crippen LogP contribution in [-0.4, -0.2) is 70.8 Å². The minimum atomic E-state index is -1.05. The number of benzene rings is 4. The summed E-state index contributed by atoms with van der Waals surface area (Å²) in [6.45, 7) is 9.68. The van der Waals surface area contributed by atoms with Gasteiger partial charge in [0.1, 0.15) is 17.1 Å². The number of aromatic carboxylic acids is 1. The SMILES string of the molecule is COc1ccc(Cn2nnc3c(Oc4cc(N5CCN(CC6=C(c7ccc(Cl)cc7)CC(C)(C)CC6)CC5)ccc4C(=O)O)cccc32)cc1. The number of carboxylic acids is 1. The van der Waals surface area contributed by atoms with E-state index in [1.165, 1.54) is 23.1 Å². The Labute approximate surface area is 297 Å². The van der Waals surface area contributed by atoms with Crippen LogP contribution in [0.5, 0.6) is 17.2 Å². The van der Waals surface area contributed by atoms with Crippen molar-refractivity contribution in [2.75, 3.05) is 44.7 Å². The van der Waals surface area contributed by atoms with Crippen LogP contribution in [0, 0.1) is 5.41 Å². The molecule has 1 aliphatic carbocycles. The molecule has 50 heavy (non-hydrogen) atoms. The van der Waals surface area contributed by atoms with Crippen LogP contribution in [0.3, 0.4) is 0 Å². The Morgan fingerprint density at radius 2 is 1.68 bits per heavy atom. The molecule has 0 unspecified atom stereocenters. The van der Waals surface area contributed by atoms with Crippen molar-refractivity contribution < 1.29 is 19.4 Å². The molecule has 4 aromatic carbocycles. The van der Waals surface area contributed by atoms with Crippen molar-refractivity contribution in [2.45, 2.75) is 39.7 Å². The van der Waals surface area contributed by atoms with Gasteiger partial charge in [-0.2, -0.15) is 0 Å². The standard InChI is InChI=1S/C40H42ClN5O4/c1-40(2)18-17-29(34(24-40)28-9-11-30(41)12-10-28)26-44-19-21-45(22-20-44)31-13-16-33(39(47)48)37(23-31)50-36-6-4-5-35-38(36)42-43-46(35)25-27-7-14-32(49-3)15-8-27/h4-16,23H,17-22,24-26H2,1-3H3,(H,47,48). The van der Waals surface area contributed by atoms with E-state index in [0.717, 1.165) is 73.1 Å². The van der Waals surface area contributed by atoms with Gasteiger partial charge in [0.2, 0.25) is 0 Å². The molecule has 0 atom stereocenters. The molecule has 0 amide bonds. The number of anilines is 1. The smallest absolute Gasteiger partial charge is 0.339 e. The van der Waals surface area contributed by atoms with Crippen molar-refractivity contribution in [3.63, 3.8) is 0 Å². The number of hydrogen-bond acceptors (Lipinski definition) is 7. The van der Waals surface area contributed by atoms with Gasteiger partial charge in [-0.25, -0.2) is 9.48 Å². The van der Waals surface area contributed by atoms with Crippen LogP contribution < -0.4 is 14.4 Å². The first-order chi connectivity index (χ1) is 24.2. The van der Waals surface area contributed by atoms with Gasteiger partial charge in [0.15, 0.2) is 11.3 Å². The summed E-state index contributed by atoms with van der Waals surface area (Å²) in [5.41, 5.74) is 7.96. The minimum Gasteiger partial charge on any atom is -0.497 e. The van der Waals surface area contributed by atoms with Gasteiger partial charge in [-0.3, -0.25) is 4.90 Å². The molecule has 2 heterocycles. The Bertz CT molecular complexity index is 2030. The lowest BCUT2D eigenvalue weighted by molar-refractivity contribution is 0.0694. The number of aromatic nitrogens is 3. The number of nitrogens with zero attached hydrogens (tertiary/aromatic N) is 5. The number of hydrogen-bond donors (Lipinski definition) is 1. The Morgan fingerprint density at radius 3 is 2.40 bits per heavy atom. The van der Waals surface area contributed by atoms with E-state index in [9.17, 15) is 9.90 Å². The van der Waals surface area contributed by atoms with Crippen LogP contribution in [0.1, 0.15) is 54.6 Å². The maximum Gasteiger partial charge on any atom is 0.339 e. The maximum absolute atomic E-state index is 12.3. The van der Waals surface area contributed by atoms with Crippen LogP contribution in [0.4, 0.5) is 5.69 Å². The molecule has 1 N–H and O–H groups in total. The van der Waals surface area contributed by atoms with Gasteiger partial charge in [-0.05, 0) is 89.9 Å². The van der Waals surface area contributed by atoms with E-state index in [1.807, 2.05) is 60.7 Å². The molecule has 1 aromatic heterocycles. The molecule has 7 rings (SSSR count). The molecule has 9 nitrogen and oxygen atoms in total. The van der Waals surface area contributed by atoms with E-state index >= 15 is 0 Å². The zero-order chi connectivity index (χ0) is 34.8. The number of piperazine rings is 1. The highest BCUT2D eigenvalue weighted by molar-refractivity contribution is 6.30. The third-order valence-corrected chi connectivity index (χ3v) is 10.2. The fourth-order valence-electron chi connectivity index (χ4n) is 7.05. The predicted octanol–water partition coefficient (Wildman–Crippen LogP) is 8.42. The molecule has 1 saturated heterocycles. The summed E-state index contributed by atoms with van der Waals surface area (Å²) in [7, 11) is 1.64. The topological polar surface area (TPSA) is 93.0 Å². The molecule has 5 aromatic rings. The zero-order valence-electron chi connectivity index (χ0n) is 28.7. The number of carboxylic acid groups (broad SMARTS) is 1. The summed E-state index contributed by atoms with van der Waals surface area (Å²) in [5.74, 6) is 0.467. The van der Waals surface area contributed by atoms with Gasteiger partial charge in [-0.15, -0.1) is 5.10 Å². The summed E-state index contributed by atoms with van der Waals surface area (Å²) in [4.78, 5) is 17.1. The summed E-state index contributed by atoms with van der Waals surface area (Å²) >= 11 is 6.22. The first-order valence-electron chi connectivity index (χ1n) is 17.1. The highest BCUT2D eigenvalue weighted by Gasteiger charge is 2.29. The highest BCUT2D eigenvalue weighted by Crippen LogP contribution is 2.43.